The van der Waals surface area contributed by atoms with Gasteiger partial charge in [0.2, 0.25) is 0 Å². The largest absolute Gasteiger partial charge is 0.371 e. The van der Waals surface area contributed by atoms with Crippen molar-refractivity contribution < 1.29 is 4.74 Å². The highest BCUT2D eigenvalue weighted by molar-refractivity contribution is 5.92. The van der Waals surface area contributed by atoms with E-state index in [-0.39, 0.29) is 6.10 Å². The molecule has 1 saturated heterocycles. The summed E-state index contributed by atoms with van der Waals surface area (Å²) in [6, 6.07) is 11.8. The second-order valence-electron chi connectivity index (χ2n) is 6.00. The summed E-state index contributed by atoms with van der Waals surface area (Å²) in [6.07, 6.45) is 1.29. The smallest absolute Gasteiger partial charge is 0.0950 e. The second kappa shape index (κ2) is 5.41. The number of morpholine rings is 1. The zero-order valence-corrected chi connectivity index (χ0v) is 12.5. The van der Waals surface area contributed by atoms with Gasteiger partial charge in [-0.15, -0.1) is 0 Å². The molecule has 2 aromatic carbocycles. The average molecular weight is 282 g/mol. The van der Waals surface area contributed by atoms with Gasteiger partial charge < -0.3 is 15.4 Å². The van der Waals surface area contributed by atoms with Crippen molar-refractivity contribution >= 4 is 10.8 Å². The van der Waals surface area contributed by atoms with Gasteiger partial charge >= 0.3 is 0 Å². The van der Waals surface area contributed by atoms with Crippen molar-refractivity contribution in [1.82, 2.24) is 10.6 Å². The Morgan fingerprint density at radius 3 is 3.10 bits per heavy atom. The Morgan fingerprint density at radius 2 is 2.29 bits per heavy atom. The van der Waals surface area contributed by atoms with E-state index in [1.54, 1.807) is 0 Å². The molecular formula is C18H22N2O. The summed E-state index contributed by atoms with van der Waals surface area (Å²) >= 11 is 0. The van der Waals surface area contributed by atoms with E-state index in [9.17, 15) is 0 Å². The Labute approximate surface area is 125 Å². The van der Waals surface area contributed by atoms with Crippen LogP contribution in [0, 0.1) is 0 Å². The first-order chi connectivity index (χ1) is 10.4. The normalized spacial score (nSPS) is 24.6. The topological polar surface area (TPSA) is 33.3 Å². The lowest BCUT2D eigenvalue weighted by molar-refractivity contribution is 0.0277. The number of rotatable bonds is 3. The molecule has 110 valence electrons. The molecule has 4 rings (SSSR count). The molecule has 2 aromatic rings. The standard InChI is InChI=1S/C18H22N2O/c1-2-20-16-10-14-9-13(17-11-19-6-7-21-17)8-12-4-3-5-15(16)18(12)14/h3-5,8-9,16-17,19-20H,2,6-7,10-11H2,1H3. The SMILES string of the molecule is CCNC1Cc2cc(C3CNCCO3)cc3cccc1c23. The molecule has 1 aliphatic carbocycles. The van der Waals surface area contributed by atoms with Crippen LogP contribution in [-0.2, 0) is 11.2 Å². The van der Waals surface area contributed by atoms with Crippen molar-refractivity contribution in [3.8, 4) is 0 Å². The van der Waals surface area contributed by atoms with Crippen molar-refractivity contribution in [2.75, 3.05) is 26.2 Å². The van der Waals surface area contributed by atoms with Gasteiger partial charge in [0.25, 0.3) is 0 Å². The van der Waals surface area contributed by atoms with E-state index in [2.05, 4.69) is 47.9 Å². The molecule has 2 N–H and O–H groups in total. The Kier molecular flexibility index (Phi) is 3.42. The summed E-state index contributed by atoms with van der Waals surface area (Å²) in [6.45, 7) is 5.87. The van der Waals surface area contributed by atoms with Crippen LogP contribution in [0.25, 0.3) is 10.8 Å². The summed E-state index contributed by atoms with van der Waals surface area (Å²) in [5.41, 5.74) is 4.25. The van der Waals surface area contributed by atoms with Crippen LogP contribution in [0.3, 0.4) is 0 Å². The van der Waals surface area contributed by atoms with Crippen molar-refractivity contribution in [2.24, 2.45) is 0 Å². The van der Waals surface area contributed by atoms with Gasteiger partial charge in [-0.05, 0) is 46.5 Å². The van der Waals surface area contributed by atoms with E-state index in [0.29, 0.717) is 6.04 Å². The van der Waals surface area contributed by atoms with Gasteiger partial charge in [-0.2, -0.15) is 0 Å². The fourth-order valence-corrected chi connectivity index (χ4v) is 3.75. The summed E-state index contributed by atoms with van der Waals surface area (Å²) < 4.78 is 5.93. The number of benzene rings is 2. The quantitative estimate of drug-likeness (QED) is 0.908. The molecule has 1 aliphatic heterocycles. The maximum Gasteiger partial charge on any atom is 0.0950 e. The van der Waals surface area contributed by atoms with Crippen molar-refractivity contribution in [3.05, 3.63) is 47.0 Å². The Bertz CT molecular complexity index is 662. The number of likely N-dealkylation sites (N-methyl/N-ethyl adjacent to an activating group) is 1. The Morgan fingerprint density at radius 1 is 1.33 bits per heavy atom. The van der Waals surface area contributed by atoms with Gasteiger partial charge in [-0.1, -0.05) is 31.2 Å². The molecule has 0 radical (unpaired) electrons. The lowest BCUT2D eigenvalue weighted by Crippen LogP contribution is -2.33. The minimum Gasteiger partial charge on any atom is -0.371 e. The van der Waals surface area contributed by atoms with Crippen molar-refractivity contribution in [2.45, 2.75) is 25.5 Å². The second-order valence-corrected chi connectivity index (χ2v) is 6.00. The molecule has 2 atom stereocenters. The molecular weight excluding hydrogens is 260 g/mol. The average Bonchev–Trinajstić information content (AvgIpc) is 2.88. The van der Waals surface area contributed by atoms with Crippen LogP contribution >= 0.6 is 0 Å². The van der Waals surface area contributed by atoms with Crippen LogP contribution in [0.4, 0.5) is 0 Å². The Hall–Kier alpha value is -1.42. The monoisotopic (exact) mass is 282 g/mol. The van der Waals surface area contributed by atoms with Crippen molar-refractivity contribution in [1.29, 1.82) is 0 Å². The molecule has 0 spiro atoms. The van der Waals surface area contributed by atoms with Gasteiger partial charge in [0.1, 0.15) is 0 Å². The first-order valence-corrected chi connectivity index (χ1v) is 7.98. The van der Waals surface area contributed by atoms with E-state index in [0.717, 1.165) is 32.7 Å². The third-order valence-corrected chi connectivity index (χ3v) is 4.66. The maximum absolute atomic E-state index is 5.93. The highest BCUT2D eigenvalue weighted by Crippen LogP contribution is 2.39. The van der Waals surface area contributed by atoms with Crippen LogP contribution in [0.2, 0.25) is 0 Å². The molecule has 3 nitrogen and oxygen atoms in total. The predicted octanol–water partition coefficient (Wildman–Crippen LogP) is 2.71. The van der Waals surface area contributed by atoms with Crippen LogP contribution in [0.15, 0.2) is 30.3 Å². The zero-order valence-electron chi connectivity index (χ0n) is 12.5. The number of hydrogen-bond acceptors (Lipinski definition) is 3. The number of nitrogens with one attached hydrogen (secondary N) is 2. The lowest BCUT2D eigenvalue weighted by Gasteiger charge is -2.24. The zero-order chi connectivity index (χ0) is 14.2. The van der Waals surface area contributed by atoms with E-state index in [1.807, 2.05) is 0 Å². The lowest BCUT2D eigenvalue weighted by atomic mass is 9.98. The molecule has 0 aromatic heterocycles. The molecule has 2 aliphatic rings. The predicted molar refractivity (Wildman–Crippen MR) is 85.6 cm³/mol. The number of ether oxygens (including phenoxy) is 1. The minimum absolute atomic E-state index is 0.196. The number of hydrogen-bond donors (Lipinski definition) is 2. The summed E-state index contributed by atoms with van der Waals surface area (Å²) in [4.78, 5) is 0. The van der Waals surface area contributed by atoms with E-state index in [4.69, 9.17) is 4.74 Å². The van der Waals surface area contributed by atoms with Gasteiger partial charge in [0.05, 0.1) is 12.7 Å². The van der Waals surface area contributed by atoms with Crippen molar-refractivity contribution in [3.63, 3.8) is 0 Å². The molecule has 21 heavy (non-hydrogen) atoms. The van der Waals surface area contributed by atoms with Gasteiger partial charge in [-0.3, -0.25) is 0 Å². The van der Waals surface area contributed by atoms with Gasteiger partial charge in [-0.25, -0.2) is 0 Å². The van der Waals surface area contributed by atoms with E-state index < -0.39 is 0 Å². The summed E-state index contributed by atoms with van der Waals surface area (Å²) in [5.74, 6) is 0. The third-order valence-electron chi connectivity index (χ3n) is 4.66. The van der Waals surface area contributed by atoms with Gasteiger partial charge in [0, 0.05) is 19.1 Å². The maximum atomic E-state index is 5.93. The fourth-order valence-electron chi connectivity index (χ4n) is 3.75. The highest BCUT2D eigenvalue weighted by Gasteiger charge is 2.25. The third kappa shape index (κ3) is 2.26. The first-order valence-electron chi connectivity index (χ1n) is 7.98. The van der Waals surface area contributed by atoms with E-state index >= 15 is 0 Å². The summed E-state index contributed by atoms with van der Waals surface area (Å²) in [7, 11) is 0. The fraction of sp³-hybridized carbons (Fsp3) is 0.444. The van der Waals surface area contributed by atoms with Crippen LogP contribution in [0.5, 0.6) is 0 Å². The molecule has 0 bridgehead atoms. The van der Waals surface area contributed by atoms with Crippen LogP contribution in [0.1, 0.15) is 35.8 Å². The molecule has 3 heteroatoms. The van der Waals surface area contributed by atoms with Crippen LogP contribution in [-0.4, -0.2) is 26.2 Å². The van der Waals surface area contributed by atoms with Crippen LogP contribution < -0.4 is 10.6 Å². The molecule has 1 heterocycles. The van der Waals surface area contributed by atoms with E-state index in [1.165, 1.54) is 27.5 Å². The molecule has 1 fully saturated rings. The molecule has 0 amide bonds. The molecule has 2 unspecified atom stereocenters. The first kappa shape index (κ1) is 13.3. The molecule has 0 saturated carbocycles. The minimum atomic E-state index is 0.196. The highest BCUT2D eigenvalue weighted by atomic mass is 16.5. The van der Waals surface area contributed by atoms with Gasteiger partial charge in [0.15, 0.2) is 0 Å². The summed E-state index contributed by atoms with van der Waals surface area (Å²) in [5, 5.41) is 9.84. The Balaban J connectivity index is 1.78.